The van der Waals surface area contributed by atoms with Crippen molar-refractivity contribution in [1.82, 2.24) is 15.1 Å². The number of nitrogens with one attached hydrogen (secondary N) is 1. The Balaban J connectivity index is 1.47. The smallest absolute Gasteiger partial charge is 0.0737 e. The van der Waals surface area contributed by atoms with Crippen molar-refractivity contribution in [3.05, 3.63) is 0 Å². The molecule has 3 heterocycles. The van der Waals surface area contributed by atoms with Crippen LogP contribution in [0.2, 0.25) is 0 Å². The van der Waals surface area contributed by atoms with Gasteiger partial charge >= 0.3 is 0 Å². The van der Waals surface area contributed by atoms with Crippen LogP contribution >= 0.6 is 0 Å². The zero-order valence-corrected chi connectivity index (χ0v) is 21.8. The number of likely N-dealkylation sites (tertiary alicyclic amines) is 2. The van der Waals surface area contributed by atoms with E-state index in [0.717, 1.165) is 38.9 Å². The van der Waals surface area contributed by atoms with Gasteiger partial charge in [0.15, 0.2) is 0 Å². The Morgan fingerprint density at radius 3 is 2.52 bits per heavy atom. The van der Waals surface area contributed by atoms with Crippen LogP contribution in [-0.2, 0) is 4.74 Å². The fourth-order valence-electron chi connectivity index (χ4n) is 6.43. The van der Waals surface area contributed by atoms with Gasteiger partial charge in [0.2, 0.25) is 0 Å². The summed E-state index contributed by atoms with van der Waals surface area (Å²) in [6.07, 6.45) is 7.52. The first-order valence-corrected chi connectivity index (χ1v) is 13.7. The van der Waals surface area contributed by atoms with Gasteiger partial charge in [0.25, 0.3) is 0 Å². The third-order valence-electron chi connectivity index (χ3n) is 8.50. The van der Waals surface area contributed by atoms with E-state index in [2.05, 4.69) is 42.8 Å². The molecule has 7 heteroatoms. The lowest BCUT2D eigenvalue weighted by molar-refractivity contribution is -0.0192. The van der Waals surface area contributed by atoms with Gasteiger partial charge < -0.3 is 26.6 Å². The minimum Gasteiger partial charge on any atom is -0.391 e. The Labute approximate surface area is 203 Å². The average Bonchev–Trinajstić information content (AvgIpc) is 3.05. The number of nitrogens with two attached hydrogens (primary N) is 2. The van der Waals surface area contributed by atoms with E-state index in [0.29, 0.717) is 43.2 Å². The van der Waals surface area contributed by atoms with Crippen molar-refractivity contribution < 1.29 is 9.84 Å². The second-order valence-corrected chi connectivity index (χ2v) is 11.7. The first-order chi connectivity index (χ1) is 15.7. The van der Waals surface area contributed by atoms with Gasteiger partial charge in [-0.2, -0.15) is 0 Å². The van der Waals surface area contributed by atoms with Crippen LogP contribution < -0.4 is 16.8 Å². The van der Waals surface area contributed by atoms with Crippen LogP contribution in [0.3, 0.4) is 0 Å². The van der Waals surface area contributed by atoms with Crippen LogP contribution in [-0.4, -0.2) is 96.7 Å². The highest BCUT2D eigenvalue weighted by Crippen LogP contribution is 2.28. The number of rotatable bonds is 8. The van der Waals surface area contributed by atoms with Crippen LogP contribution in [0.1, 0.15) is 72.6 Å². The summed E-state index contributed by atoms with van der Waals surface area (Å²) in [5.74, 6) is 1.23. The lowest BCUT2D eigenvalue weighted by Crippen LogP contribution is -2.50. The van der Waals surface area contributed by atoms with E-state index in [1.165, 1.54) is 32.2 Å². The van der Waals surface area contributed by atoms with Crippen molar-refractivity contribution in [1.29, 1.82) is 0 Å². The van der Waals surface area contributed by atoms with Gasteiger partial charge in [0, 0.05) is 49.9 Å². The number of nitrogens with zero attached hydrogens (tertiary/aromatic N) is 2. The number of aliphatic hydroxyl groups excluding tert-OH is 1. The van der Waals surface area contributed by atoms with Gasteiger partial charge in [-0.15, -0.1) is 0 Å². The molecule has 0 saturated carbocycles. The highest BCUT2D eigenvalue weighted by molar-refractivity contribution is 4.88. The first kappa shape index (κ1) is 27.3. The lowest BCUT2D eigenvalue weighted by atomic mass is 9.89. The number of aliphatic hydroxyl groups is 1. The molecule has 0 spiro atoms. The Morgan fingerprint density at radius 2 is 1.79 bits per heavy atom. The third-order valence-corrected chi connectivity index (χ3v) is 8.50. The van der Waals surface area contributed by atoms with Gasteiger partial charge in [-0.25, -0.2) is 0 Å². The molecule has 0 aromatic carbocycles. The van der Waals surface area contributed by atoms with Crippen LogP contribution in [0.15, 0.2) is 0 Å². The molecule has 0 aliphatic carbocycles. The molecule has 33 heavy (non-hydrogen) atoms. The Morgan fingerprint density at radius 1 is 1.00 bits per heavy atom. The van der Waals surface area contributed by atoms with Crippen molar-refractivity contribution >= 4 is 0 Å². The third kappa shape index (κ3) is 8.41. The lowest BCUT2D eigenvalue weighted by Gasteiger charge is -2.34. The van der Waals surface area contributed by atoms with Gasteiger partial charge in [0.1, 0.15) is 0 Å². The van der Waals surface area contributed by atoms with Gasteiger partial charge in [-0.05, 0) is 97.6 Å². The maximum Gasteiger partial charge on any atom is 0.0737 e. The molecule has 8 atom stereocenters. The minimum absolute atomic E-state index is 0.0557. The summed E-state index contributed by atoms with van der Waals surface area (Å²) >= 11 is 0. The zero-order chi connectivity index (χ0) is 24.0. The van der Waals surface area contributed by atoms with Crippen LogP contribution in [0, 0.1) is 11.8 Å². The number of hydrogen-bond acceptors (Lipinski definition) is 7. The molecular weight excluding hydrogens is 414 g/mol. The molecule has 3 fully saturated rings. The molecule has 6 N–H and O–H groups in total. The summed E-state index contributed by atoms with van der Waals surface area (Å²) in [4.78, 5) is 5.19. The van der Waals surface area contributed by atoms with Crippen molar-refractivity contribution in [2.24, 2.45) is 23.3 Å². The van der Waals surface area contributed by atoms with Crippen LogP contribution in [0.5, 0.6) is 0 Å². The first-order valence-electron chi connectivity index (χ1n) is 13.7. The van der Waals surface area contributed by atoms with E-state index < -0.39 is 0 Å². The summed E-state index contributed by atoms with van der Waals surface area (Å²) in [5.41, 5.74) is 13.3. The van der Waals surface area contributed by atoms with Crippen LogP contribution in [0.4, 0.5) is 0 Å². The molecule has 0 radical (unpaired) electrons. The SMILES string of the molecule is CC(CC1CCN(C(C)CC2CCCN(C(C)C)C[C@H]2N)C[C@H](N)C1)NC1COCCC1O. The molecular formula is C26H53N5O2. The second kappa shape index (κ2) is 13.1. The Hall–Kier alpha value is -0.280. The van der Waals surface area contributed by atoms with E-state index >= 15 is 0 Å². The summed E-state index contributed by atoms with van der Waals surface area (Å²) in [5, 5.41) is 13.9. The summed E-state index contributed by atoms with van der Waals surface area (Å²) < 4.78 is 5.56. The van der Waals surface area contributed by atoms with E-state index in [1.807, 2.05) is 0 Å². The molecule has 6 unspecified atom stereocenters. The molecule has 0 aromatic rings. The topological polar surface area (TPSA) is 100 Å². The van der Waals surface area contributed by atoms with Crippen molar-refractivity contribution in [2.75, 3.05) is 39.4 Å². The Kier molecular flexibility index (Phi) is 10.9. The predicted molar refractivity (Wildman–Crippen MR) is 136 cm³/mol. The van der Waals surface area contributed by atoms with E-state index in [9.17, 15) is 5.11 Å². The second-order valence-electron chi connectivity index (χ2n) is 11.7. The molecule has 194 valence electrons. The highest BCUT2D eigenvalue weighted by atomic mass is 16.5. The molecule has 3 rings (SSSR count). The van der Waals surface area contributed by atoms with Crippen molar-refractivity contribution in [3.8, 4) is 0 Å². The molecule has 0 amide bonds. The minimum atomic E-state index is -0.295. The van der Waals surface area contributed by atoms with Crippen molar-refractivity contribution in [2.45, 2.75) is 115 Å². The molecule has 0 bridgehead atoms. The molecule has 3 aliphatic rings. The summed E-state index contributed by atoms with van der Waals surface area (Å²) in [6.45, 7) is 14.8. The Bertz CT molecular complexity index is 565. The van der Waals surface area contributed by atoms with Gasteiger partial charge in [0.05, 0.1) is 18.8 Å². The van der Waals surface area contributed by atoms with E-state index in [1.54, 1.807) is 0 Å². The molecule has 7 nitrogen and oxygen atoms in total. The van der Waals surface area contributed by atoms with Crippen LogP contribution in [0.25, 0.3) is 0 Å². The molecule has 3 aliphatic heterocycles. The highest BCUT2D eigenvalue weighted by Gasteiger charge is 2.31. The molecule has 0 aromatic heterocycles. The maximum absolute atomic E-state index is 10.2. The fourth-order valence-corrected chi connectivity index (χ4v) is 6.43. The van der Waals surface area contributed by atoms with Gasteiger partial charge in [-0.1, -0.05) is 0 Å². The number of ether oxygens (including phenoxy) is 1. The predicted octanol–water partition coefficient (Wildman–Crippen LogP) is 1.77. The van der Waals surface area contributed by atoms with Gasteiger partial charge in [-0.3, -0.25) is 9.80 Å². The normalized spacial score (nSPS) is 37.5. The monoisotopic (exact) mass is 467 g/mol. The zero-order valence-electron chi connectivity index (χ0n) is 21.8. The number of hydrogen-bond donors (Lipinski definition) is 4. The largest absolute Gasteiger partial charge is 0.391 e. The fraction of sp³-hybridized carbons (Fsp3) is 1.00. The molecule has 3 saturated heterocycles. The summed E-state index contributed by atoms with van der Waals surface area (Å²) in [6, 6.07) is 2.03. The van der Waals surface area contributed by atoms with E-state index in [4.69, 9.17) is 16.2 Å². The average molecular weight is 468 g/mol. The van der Waals surface area contributed by atoms with E-state index in [-0.39, 0.29) is 24.2 Å². The summed E-state index contributed by atoms with van der Waals surface area (Å²) in [7, 11) is 0. The standard InChI is InChI=1S/C26H53N5O2/c1-18(2)30-9-5-6-22(24(28)16-30)13-20(4)31-10-7-21(14-23(27)15-31)12-19(3)29-25-17-33-11-8-26(25)32/h18-26,29,32H,5-17,27-28H2,1-4H3/t19?,20?,21?,22?,23-,24-,25?,26?/m1/s1. The quantitative estimate of drug-likeness (QED) is 0.432. The van der Waals surface area contributed by atoms with Crippen molar-refractivity contribution in [3.63, 3.8) is 0 Å². The maximum atomic E-state index is 10.2.